The van der Waals surface area contributed by atoms with Crippen molar-refractivity contribution >= 4 is 27.3 Å². The summed E-state index contributed by atoms with van der Waals surface area (Å²) in [5.74, 6) is -0.0993. The van der Waals surface area contributed by atoms with Crippen molar-refractivity contribution in [2.45, 2.75) is 4.90 Å². The molecule has 1 amide bonds. The van der Waals surface area contributed by atoms with E-state index in [2.05, 4.69) is 11.9 Å². The van der Waals surface area contributed by atoms with Crippen LogP contribution in [0.3, 0.4) is 0 Å². The predicted octanol–water partition coefficient (Wildman–Crippen LogP) is 4.24. The number of hydrogen-bond donors (Lipinski definition) is 1. The Balaban J connectivity index is 1.93. The van der Waals surface area contributed by atoms with E-state index in [1.165, 1.54) is 44.6 Å². The number of anilines is 2. The van der Waals surface area contributed by atoms with Crippen LogP contribution < -0.4 is 23.8 Å². The van der Waals surface area contributed by atoms with Gasteiger partial charge >= 0.3 is 0 Å². The first-order valence-electron chi connectivity index (χ1n) is 10.4. The lowest BCUT2D eigenvalue weighted by Crippen LogP contribution is -2.38. The SMILES string of the molecule is C=CCOc1cccc(NC(=O)CN(c2ccc(F)cc2)S(=O)(=O)c2ccc(OC)c(OC)c2)c1. The number of nitrogens with one attached hydrogen (secondary N) is 1. The molecule has 3 rings (SSSR count). The number of halogens is 1. The molecule has 3 aromatic carbocycles. The van der Waals surface area contributed by atoms with Crippen LogP contribution in [0.5, 0.6) is 17.2 Å². The van der Waals surface area contributed by atoms with Crippen molar-refractivity contribution in [2.75, 3.05) is 37.0 Å². The molecule has 0 fully saturated rings. The van der Waals surface area contributed by atoms with Gasteiger partial charge in [-0.15, -0.1) is 0 Å². The molecule has 0 aliphatic rings. The fraction of sp³-hybridized carbons (Fsp3) is 0.160. The molecular formula is C25H25FN2O6S. The molecule has 0 heterocycles. The van der Waals surface area contributed by atoms with Crippen LogP contribution in [0.15, 0.2) is 84.3 Å². The summed E-state index contributed by atoms with van der Waals surface area (Å²) >= 11 is 0. The number of sulfonamides is 1. The molecule has 0 saturated carbocycles. The Morgan fingerprint density at radius 1 is 1.03 bits per heavy atom. The average Bonchev–Trinajstić information content (AvgIpc) is 2.86. The summed E-state index contributed by atoms with van der Waals surface area (Å²) in [6, 6.07) is 15.5. The van der Waals surface area contributed by atoms with Crippen molar-refractivity contribution in [1.29, 1.82) is 0 Å². The second kappa shape index (κ2) is 11.4. The van der Waals surface area contributed by atoms with Crippen molar-refractivity contribution in [1.82, 2.24) is 0 Å². The monoisotopic (exact) mass is 500 g/mol. The van der Waals surface area contributed by atoms with E-state index in [1.54, 1.807) is 30.3 Å². The number of methoxy groups -OCH3 is 2. The standard InChI is InChI=1S/C25H25FN2O6S/c1-4-14-34-21-7-5-6-19(15-21)27-25(29)17-28(20-10-8-18(26)9-11-20)35(30,31)22-12-13-23(32-2)24(16-22)33-3/h4-13,15-16H,1,14,17H2,2-3H3,(H,27,29). The van der Waals surface area contributed by atoms with Gasteiger partial charge in [-0.3, -0.25) is 9.10 Å². The topological polar surface area (TPSA) is 94.2 Å². The minimum Gasteiger partial charge on any atom is -0.493 e. The van der Waals surface area contributed by atoms with Gasteiger partial charge < -0.3 is 19.5 Å². The maximum atomic E-state index is 13.6. The van der Waals surface area contributed by atoms with Crippen LogP contribution in [0.25, 0.3) is 0 Å². The number of nitrogens with zero attached hydrogens (tertiary/aromatic N) is 1. The van der Waals surface area contributed by atoms with Crippen molar-refractivity contribution < 1.29 is 31.8 Å². The molecule has 0 atom stereocenters. The van der Waals surface area contributed by atoms with Gasteiger partial charge in [0.25, 0.3) is 10.0 Å². The Kier molecular flexibility index (Phi) is 8.32. The predicted molar refractivity (Wildman–Crippen MR) is 131 cm³/mol. The van der Waals surface area contributed by atoms with Gasteiger partial charge in [0.1, 0.15) is 24.7 Å². The molecule has 0 aromatic heterocycles. The third-order valence-corrected chi connectivity index (χ3v) is 6.60. The molecule has 3 aromatic rings. The Hall–Kier alpha value is -4.05. The summed E-state index contributed by atoms with van der Waals surface area (Å²) in [5, 5.41) is 2.67. The minimum absolute atomic E-state index is 0.111. The highest BCUT2D eigenvalue weighted by atomic mass is 32.2. The third kappa shape index (κ3) is 6.30. The largest absolute Gasteiger partial charge is 0.493 e. The van der Waals surface area contributed by atoms with Crippen molar-refractivity contribution in [2.24, 2.45) is 0 Å². The van der Waals surface area contributed by atoms with Gasteiger partial charge in [-0.2, -0.15) is 0 Å². The smallest absolute Gasteiger partial charge is 0.264 e. The number of amides is 1. The molecule has 0 unspecified atom stereocenters. The minimum atomic E-state index is -4.25. The zero-order valence-electron chi connectivity index (χ0n) is 19.2. The Morgan fingerprint density at radius 3 is 2.40 bits per heavy atom. The summed E-state index contributed by atoms with van der Waals surface area (Å²) in [5.41, 5.74) is 0.526. The summed E-state index contributed by atoms with van der Waals surface area (Å²) in [4.78, 5) is 12.8. The third-order valence-electron chi connectivity index (χ3n) is 4.83. The molecule has 0 aliphatic heterocycles. The van der Waals surface area contributed by atoms with E-state index in [-0.39, 0.29) is 16.3 Å². The summed E-state index contributed by atoms with van der Waals surface area (Å²) < 4.78 is 57.4. The lowest BCUT2D eigenvalue weighted by molar-refractivity contribution is -0.114. The zero-order valence-corrected chi connectivity index (χ0v) is 20.0. The molecule has 0 saturated heterocycles. The highest BCUT2D eigenvalue weighted by Crippen LogP contribution is 2.32. The molecule has 1 N–H and O–H groups in total. The van der Waals surface area contributed by atoms with Crippen LogP contribution in [-0.2, 0) is 14.8 Å². The number of hydrogen-bond acceptors (Lipinski definition) is 6. The molecule has 0 radical (unpaired) electrons. The summed E-state index contributed by atoms with van der Waals surface area (Å²) in [7, 11) is -1.44. The number of carbonyl (C=O) groups is 1. The Bertz CT molecular complexity index is 1300. The lowest BCUT2D eigenvalue weighted by Gasteiger charge is -2.24. The van der Waals surface area contributed by atoms with Gasteiger partial charge in [-0.25, -0.2) is 12.8 Å². The van der Waals surface area contributed by atoms with Gasteiger partial charge in [0.05, 0.1) is 24.8 Å². The number of rotatable bonds is 11. The quantitative estimate of drug-likeness (QED) is 0.396. The molecule has 0 bridgehead atoms. The second-order valence-corrected chi connectivity index (χ2v) is 9.04. The normalized spacial score (nSPS) is 10.8. The number of carbonyl (C=O) groups excluding carboxylic acids is 1. The fourth-order valence-electron chi connectivity index (χ4n) is 3.18. The van der Waals surface area contributed by atoms with E-state index in [1.807, 2.05) is 0 Å². The van der Waals surface area contributed by atoms with E-state index in [4.69, 9.17) is 14.2 Å². The van der Waals surface area contributed by atoms with Crippen LogP contribution in [0.1, 0.15) is 0 Å². The van der Waals surface area contributed by atoms with E-state index in [9.17, 15) is 17.6 Å². The van der Waals surface area contributed by atoms with Crippen molar-refractivity contribution in [3.8, 4) is 17.2 Å². The van der Waals surface area contributed by atoms with Crippen LogP contribution in [0, 0.1) is 5.82 Å². The average molecular weight is 501 g/mol. The van der Waals surface area contributed by atoms with Gasteiger partial charge in [-0.1, -0.05) is 18.7 Å². The molecule has 0 aliphatic carbocycles. The summed E-state index contributed by atoms with van der Waals surface area (Å²) in [6.45, 7) is 3.31. The molecule has 0 spiro atoms. The van der Waals surface area contributed by atoms with E-state index in [0.29, 0.717) is 23.8 Å². The highest BCUT2D eigenvalue weighted by molar-refractivity contribution is 7.92. The molecular weight excluding hydrogens is 475 g/mol. The second-order valence-electron chi connectivity index (χ2n) is 7.18. The molecule has 8 nitrogen and oxygen atoms in total. The number of benzene rings is 3. The van der Waals surface area contributed by atoms with Gasteiger partial charge in [0, 0.05) is 17.8 Å². The van der Waals surface area contributed by atoms with Crippen LogP contribution >= 0.6 is 0 Å². The van der Waals surface area contributed by atoms with Gasteiger partial charge in [0.2, 0.25) is 5.91 Å². The van der Waals surface area contributed by atoms with Gasteiger partial charge in [0.15, 0.2) is 11.5 Å². The highest BCUT2D eigenvalue weighted by Gasteiger charge is 2.28. The van der Waals surface area contributed by atoms with Gasteiger partial charge in [-0.05, 0) is 48.5 Å². The zero-order chi connectivity index (χ0) is 25.4. The Labute approximate surface area is 203 Å². The fourth-order valence-corrected chi connectivity index (χ4v) is 4.61. The van der Waals surface area contributed by atoms with Crippen molar-refractivity contribution in [3.63, 3.8) is 0 Å². The molecule has 35 heavy (non-hydrogen) atoms. The van der Waals surface area contributed by atoms with Crippen LogP contribution in [0.4, 0.5) is 15.8 Å². The maximum absolute atomic E-state index is 13.6. The van der Waals surface area contributed by atoms with Crippen LogP contribution in [-0.4, -0.2) is 41.7 Å². The van der Waals surface area contributed by atoms with Crippen LogP contribution in [0.2, 0.25) is 0 Å². The first-order valence-corrected chi connectivity index (χ1v) is 11.9. The lowest BCUT2D eigenvalue weighted by atomic mass is 10.3. The number of ether oxygens (including phenoxy) is 3. The van der Waals surface area contributed by atoms with E-state index >= 15 is 0 Å². The molecule has 10 heteroatoms. The van der Waals surface area contributed by atoms with E-state index in [0.717, 1.165) is 16.4 Å². The maximum Gasteiger partial charge on any atom is 0.264 e. The summed E-state index contributed by atoms with van der Waals surface area (Å²) in [6.07, 6.45) is 1.59. The van der Waals surface area contributed by atoms with Crippen molar-refractivity contribution in [3.05, 3.63) is 85.2 Å². The first-order chi connectivity index (χ1) is 16.8. The Morgan fingerprint density at radius 2 is 1.74 bits per heavy atom. The molecule has 184 valence electrons. The first kappa shape index (κ1) is 25.6. The van der Waals surface area contributed by atoms with E-state index < -0.39 is 28.3 Å².